The van der Waals surface area contributed by atoms with Crippen molar-refractivity contribution in [3.8, 4) is 11.1 Å². The van der Waals surface area contributed by atoms with Crippen LogP contribution in [0.25, 0.3) is 34.4 Å². The van der Waals surface area contributed by atoms with Crippen LogP contribution in [0.5, 0.6) is 0 Å². The molecule has 0 nitrogen and oxygen atoms in total. The van der Waals surface area contributed by atoms with Crippen molar-refractivity contribution in [2.75, 3.05) is 0 Å². The lowest BCUT2D eigenvalue weighted by Crippen LogP contribution is -1.88. The van der Waals surface area contributed by atoms with Gasteiger partial charge in [0.2, 0.25) is 0 Å². The van der Waals surface area contributed by atoms with Gasteiger partial charge in [-0.05, 0) is 67.8 Å². The number of hydrogen-bond donors (Lipinski definition) is 0. The van der Waals surface area contributed by atoms with Crippen LogP contribution in [-0.4, -0.2) is 0 Å². The first-order chi connectivity index (χ1) is 20.8. The van der Waals surface area contributed by atoms with Gasteiger partial charge in [0.1, 0.15) is 0 Å². The third-order valence-electron chi connectivity index (χ3n) is 7.12. The molecule has 0 aliphatic rings. The van der Waals surface area contributed by atoms with Crippen molar-refractivity contribution >= 4 is 23.3 Å². The molecule has 0 amide bonds. The Balaban J connectivity index is 0.00000173. The molecule has 0 saturated carbocycles. The minimum Gasteiger partial charge on any atom is -0.0683 e. The smallest absolute Gasteiger partial charge is 0.0105 e. The minimum absolute atomic E-state index is 1.18. The highest BCUT2D eigenvalue weighted by atomic mass is 14.1. The standard InChI is InChI=1S/C40H30.C2H6/c1-5-13-35(14-6-1)39(36-15-7-2-8-16-36)29-31-21-25-33(26-22-31)34-27-23-32(24-28-34)30-40(37-17-9-3-10-18-37)38-19-11-4-12-20-38;1-2/h1-30H;1-2H3. The summed E-state index contributed by atoms with van der Waals surface area (Å²) in [6, 6.07) is 60.0. The highest BCUT2D eigenvalue weighted by Crippen LogP contribution is 2.29. The average Bonchev–Trinajstić information content (AvgIpc) is 3.09. The maximum atomic E-state index is 2.27. The fourth-order valence-electron chi connectivity index (χ4n) is 5.01. The molecule has 6 aromatic carbocycles. The average molecular weight is 541 g/mol. The molecule has 0 radical (unpaired) electrons. The van der Waals surface area contributed by atoms with E-state index in [0.717, 1.165) is 0 Å². The summed E-state index contributed by atoms with van der Waals surface area (Å²) in [7, 11) is 0. The molecule has 6 aromatic rings. The molecule has 0 N–H and O–H groups in total. The maximum Gasteiger partial charge on any atom is -0.0105 e. The Labute approximate surface area is 251 Å². The number of rotatable bonds is 7. The molecule has 42 heavy (non-hydrogen) atoms. The van der Waals surface area contributed by atoms with Crippen LogP contribution in [0.15, 0.2) is 170 Å². The van der Waals surface area contributed by atoms with Crippen LogP contribution in [0.4, 0.5) is 0 Å². The van der Waals surface area contributed by atoms with E-state index in [0.29, 0.717) is 0 Å². The van der Waals surface area contributed by atoms with Gasteiger partial charge in [0.25, 0.3) is 0 Å². The van der Waals surface area contributed by atoms with E-state index < -0.39 is 0 Å². The first kappa shape index (κ1) is 28.3. The predicted octanol–water partition coefficient (Wildman–Crippen LogP) is 11.6. The van der Waals surface area contributed by atoms with Crippen molar-refractivity contribution in [3.05, 3.63) is 203 Å². The van der Waals surface area contributed by atoms with Gasteiger partial charge in [-0.25, -0.2) is 0 Å². The van der Waals surface area contributed by atoms with E-state index in [-0.39, 0.29) is 0 Å². The zero-order chi connectivity index (χ0) is 29.0. The summed E-state index contributed by atoms with van der Waals surface area (Å²) < 4.78 is 0. The third kappa shape index (κ3) is 7.11. The highest BCUT2D eigenvalue weighted by molar-refractivity contribution is 5.92. The van der Waals surface area contributed by atoms with Crippen LogP contribution in [0.2, 0.25) is 0 Å². The summed E-state index contributed by atoms with van der Waals surface area (Å²) in [5.41, 5.74) is 12.1. The quantitative estimate of drug-likeness (QED) is 0.177. The Morgan fingerprint density at radius 1 is 0.310 bits per heavy atom. The molecule has 0 spiro atoms. The summed E-state index contributed by atoms with van der Waals surface area (Å²) in [5, 5.41) is 0. The van der Waals surface area contributed by atoms with Gasteiger partial charge in [-0.2, -0.15) is 0 Å². The normalized spacial score (nSPS) is 10.1. The second-order valence-electron chi connectivity index (χ2n) is 9.82. The molecule has 0 unspecified atom stereocenters. The number of benzene rings is 6. The van der Waals surface area contributed by atoms with Crippen molar-refractivity contribution in [1.82, 2.24) is 0 Å². The van der Waals surface area contributed by atoms with Crippen LogP contribution in [0, 0.1) is 0 Å². The lowest BCUT2D eigenvalue weighted by atomic mass is 9.94. The molecule has 6 rings (SSSR count). The van der Waals surface area contributed by atoms with Crippen molar-refractivity contribution in [3.63, 3.8) is 0 Å². The Morgan fingerprint density at radius 2 is 0.548 bits per heavy atom. The molecular formula is C42H36. The van der Waals surface area contributed by atoms with E-state index in [1.54, 1.807) is 0 Å². The zero-order valence-electron chi connectivity index (χ0n) is 24.3. The highest BCUT2D eigenvalue weighted by Gasteiger charge is 2.07. The Bertz CT molecular complexity index is 1490. The summed E-state index contributed by atoms with van der Waals surface area (Å²) >= 11 is 0. The van der Waals surface area contributed by atoms with E-state index in [9.17, 15) is 0 Å². The second kappa shape index (κ2) is 14.4. The summed E-state index contributed by atoms with van der Waals surface area (Å²) in [6.45, 7) is 4.00. The van der Waals surface area contributed by atoms with Gasteiger partial charge in [0.15, 0.2) is 0 Å². The molecule has 0 heteroatoms. The van der Waals surface area contributed by atoms with Crippen molar-refractivity contribution in [2.24, 2.45) is 0 Å². The minimum atomic E-state index is 1.18. The van der Waals surface area contributed by atoms with Gasteiger partial charge in [0, 0.05) is 0 Å². The largest absolute Gasteiger partial charge is 0.0683 e. The topological polar surface area (TPSA) is 0 Å². The monoisotopic (exact) mass is 540 g/mol. The first-order valence-electron chi connectivity index (χ1n) is 14.7. The lowest BCUT2D eigenvalue weighted by molar-refractivity contribution is 1.50. The van der Waals surface area contributed by atoms with Gasteiger partial charge in [0.05, 0.1) is 0 Å². The van der Waals surface area contributed by atoms with Crippen molar-refractivity contribution < 1.29 is 0 Å². The maximum absolute atomic E-state index is 2.27. The van der Waals surface area contributed by atoms with Gasteiger partial charge in [-0.3, -0.25) is 0 Å². The molecule has 0 aliphatic heterocycles. The van der Waals surface area contributed by atoms with E-state index in [1.165, 1.54) is 55.7 Å². The molecule has 0 bridgehead atoms. The van der Waals surface area contributed by atoms with Crippen molar-refractivity contribution in [1.29, 1.82) is 0 Å². The van der Waals surface area contributed by atoms with Gasteiger partial charge in [-0.1, -0.05) is 184 Å². The summed E-state index contributed by atoms with van der Waals surface area (Å²) in [6.07, 6.45) is 4.55. The first-order valence-corrected chi connectivity index (χ1v) is 14.7. The summed E-state index contributed by atoms with van der Waals surface area (Å²) in [4.78, 5) is 0. The van der Waals surface area contributed by atoms with Crippen LogP contribution in [0.1, 0.15) is 47.2 Å². The molecule has 0 fully saturated rings. The van der Waals surface area contributed by atoms with Gasteiger partial charge in [-0.15, -0.1) is 0 Å². The van der Waals surface area contributed by atoms with Crippen LogP contribution >= 0.6 is 0 Å². The second-order valence-corrected chi connectivity index (χ2v) is 9.82. The SMILES string of the molecule is C(=C(c1ccccc1)c1ccccc1)c1ccc(-c2ccc(C=C(c3ccccc3)c3ccccc3)cc2)cc1.CC. The van der Waals surface area contributed by atoms with Crippen molar-refractivity contribution in [2.45, 2.75) is 13.8 Å². The Hall–Kier alpha value is -5.20. The van der Waals surface area contributed by atoms with E-state index >= 15 is 0 Å². The molecular weight excluding hydrogens is 504 g/mol. The van der Waals surface area contributed by atoms with Crippen LogP contribution in [0.3, 0.4) is 0 Å². The molecule has 0 saturated heterocycles. The predicted molar refractivity (Wildman–Crippen MR) is 183 cm³/mol. The summed E-state index contributed by atoms with van der Waals surface area (Å²) in [5.74, 6) is 0. The molecule has 0 heterocycles. The zero-order valence-corrected chi connectivity index (χ0v) is 24.3. The molecule has 0 aliphatic carbocycles. The van der Waals surface area contributed by atoms with Crippen LogP contribution < -0.4 is 0 Å². The van der Waals surface area contributed by atoms with E-state index in [2.05, 4.69) is 182 Å². The third-order valence-corrected chi connectivity index (χ3v) is 7.12. The van der Waals surface area contributed by atoms with Gasteiger partial charge < -0.3 is 0 Å². The Kier molecular flexibility index (Phi) is 9.74. The fourth-order valence-corrected chi connectivity index (χ4v) is 5.01. The lowest BCUT2D eigenvalue weighted by Gasteiger charge is -2.10. The fraction of sp³-hybridized carbons (Fsp3) is 0.0476. The molecule has 0 aromatic heterocycles. The molecule has 204 valence electrons. The molecule has 0 atom stereocenters. The Morgan fingerprint density at radius 3 is 0.786 bits per heavy atom. The van der Waals surface area contributed by atoms with E-state index in [1.807, 2.05) is 13.8 Å². The van der Waals surface area contributed by atoms with E-state index in [4.69, 9.17) is 0 Å². The van der Waals surface area contributed by atoms with Crippen LogP contribution in [-0.2, 0) is 0 Å². The van der Waals surface area contributed by atoms with Gasteiger partial charge >= 0.3 is 0 Å². The number of hydrogen-bond acceptors (Lipinski definition) is 0.